The van der Waals surface area contributed by atoms with Gasteiger partial charge in [0, 0.05) is 23.5 Å². The highest BCUT2D eigenvalue weighted by Gasteiger charge is 2.24. The summed E-state index contributed by atoms with van der Waals surface area (Å²) < 4.78 is 0. The van der Waals surface area contributed by atoms with Gasteiger partial charge in [0.1, 0.15) is 0 Å². The molecule has 2 unspecified atom stereocenters. The van der Waals surface area contributed by atoms with E-state index in [2.05, 4.69) is 25.7 Å². The lowest BCUT2D eigenvalue weighted by atomic mass is 9.99. The summed E-state index contributed by atoms with van der Waals surface area (Å²) in [6.45, 7) is 7.72. The predicted molar refractivity (Wildman–Crippen MR) is 74.8 cm³/mol. The van der Waals surface area contributed by atoms with Crippen molar-refractivity contribution in [1.29, 1.82) is 0 Å². The summed E-state index contributed by atoms with van der Waals surface area (Å²) in [6.07, 6.45) is 4.62. The average molecular weight is 253 g/mol. The van der Waals surface area contributed by atoms with E-state index in [1.165, 1.54) is 22.9 Å². The molecule has 0 amide bonds. The van der Waals surface area contributed by atoms with E-state index in [4.69, 9.17) is 10.7 Å². The fourth-order valence-corrected chi connectivity index (χ4v) is 3.76. The van der Waals surface area contributed by atoms with Crippen molar-refractivity contribution in [2.24, 2.45) is 5.73 Å². The minimum absolute atomic E-state index is 0.166. The molecule has 1 aromatic heterocycles. The molecule has 0 radical (unpaired) electrons. The SMILES string of the molecule is CCC(C)N(CC)c1nc2c(s1)CCCC2N. The maximum absolute atomic E-state index is 6.14. The molecule has 0 spiro atoms. The van der Waals surface area contributed by atoms with Crippen LogP contribution < -0.4 is 10.6 Å². The number of fused-ring (bicyclic) bond motifs is 1. The van der Waals surface area contributed by atoms with E-state index in [0.29, 0.717) is 6.04 Å². The third-order valence-corrected chi connectivity index (χ3v) is 4.86. The summed E-state index contributed by atoms with van der Waals surface area (Å²) in [7, 11) is 0. The second-order valence-electron chi connectivity index (χ2n) is 4.85. The molecular formula is C13H23N3S. The first-order valence-electron chi connectivity index (χ1n) is 6.69. The Hall–Kier alpha value is -0.610. The summed E-state index contributed by atoms with van der Waals surface area (Å²) in [5.74, 6) is 0. The van der Waals surface area contributed by atoms with Crippen molar-refractivity contribution in [2.75, 3.05) is 11.4 Å². The van der Waals surface area contributed by atoms with Gasteiger partial charge >= 0.3 is 0 Å². The number of nitrogens with zero attached hydrogens (tertiary/aromatic N) is 2. The van der Waals surface area contributed by atoms with E-state index in [-0.39, 0.29) is 6.04 Å². The summed E-state index contributed by atoms with van der Waals surface area (Å²) in [4.78, 5) is 8.61. The van der Waals surface area contributed by atoms with Gasteiger partial charge in [-0.2, -0.15) is 0 Å². The Kier molecular flexibility index (Phi) is 4.05. The molecule has 2 atom stereocenters. The van der Waals surface area contributed by atoms with Crippen LogP contribution in [0.2, 0.25) is 0 Å². The summed E-state index contributed by atoms with van der Waals surface area (Å²) in [6, 6.07) is 0.725. The van der Waals surface area contributed by atoms with Crippen molar-refractivity contribution in [1.82, 2.24) is 4.98 Å². The summed E-state index contributed by atoms with van der Waals surface area (Å²) >= 11 is 1.85. The van der Waals surface area contributed by atoms with Gasteiger partial charge in [0.2, 0.25) is 0 Å². The zero-order valence-corrected chi connectivity index (χ0v) is 11.9. The quantitative estimate of drug-likeness (QED) is 0.896. The van der Waals surface area contributed by atoms with Crippen LogP contribution in [0.5, 0.6) is 0 Å². The van der Waals surface area contributed by atoms with E-state index < -0.39 is 0 Å². The summed E-state index contributed by atoms with van der Waals surface area (Å²) in [5.41, 5.74) is 7.30. The Morgan fingerprint density at radius 2 is 2.29 bits per heavy atom. The van der Waals surface area contributed by atoms with Crippen LogP contribution in [0.3, 0.4) is 0 Å². The van der Waals surface area contributed by atoms with Crippen LogP contribution in [-0.4, -0.2) is 17.6 Å². The molecule has 1 heterocycles. The van der Waals surface area contributed by atoms with Gasteiger partial charge in [-0.15, -0.1) is 11.3 Å². The number of rotatable bonds is 4. The maximum atomic E-state index is 6.14. The van der Waals surface area contributed by atoms with Gasteiger partial charge in [-0.3, -0.25) is 0 Å². The molecule has 96 valence electrons. The first-order valence-corrected chi connectivity index (χ1v) is 7.50. The first-order chi connectivity index (χ1) is 8.17. The standard InChI is InChI=1S/C13H23N3S/c1-4-9(3)16(5-2)13-15-12-10(14)7-6-8-11(12)17-13/h9-10H,4-8,14H2,1-3H3. The average Bonchev–Trinajstić information content (AvgIpc) is 2.75. The van der Waals surface area contributed by atoms with E-state index >= 15 is 0 Å². The molecule has 0 aliphatic heterocycles. The van der Waals surface area contributed by atoms with E-state index in [9.17, 15) is 0 Å². The molecule has 1 aliphatic rings. The number of hydrogen-bond acceptors (Lipinski definition) is 4. The van der Waals surface area contributed by atoms with Crippen LogP contribution in [-0.2, 0) is 6.42 Å². The number of aryl methyl sites for hydroxylation is 1. The molecule has 1 aromatic rings. The van der Waals surface area contributed by atoms with Gasteiger partial charge in [-0.05, 0) is 39.5 Å². The zero-order valence-electron chi connectivity index (χ0n) is 11.1. The van der Waals surface area contributed by atoms with Crippen molar-refractivity contribution in [3.8, 4) is 0 Å². The molecule has 0 saturated carbocycles. The van der Waals surface area contributed by atoms with Crippen LogP contribution in [0.15, 0.2) is 0 Å². The molecular weight excluding hydrogens is 230 g/mol. The fraction of sp³-hybridized carbons (Fsp3) is 0.769. The Morgan fingerprint density at radius 3 is 2.88 bits per heavy atom. The van der Waals surface area contributed by atoms with Crippen molar-refractivity contribution in [2.45, 2.75) is 58.5 Å². The predicted octanol–water partition coefficient (Wildman–Crippen LogP) is 3.10. The molecule has 17 heavy (non-hydrogen) atoms. The number of anilines is 1. The van der Waals surface area contributed by atoms with Crippen LogP contribution in [0.25, 0.3) is 0 Å². The van der Waals surface area contributed by atoms with E-state index in [0.717, 1.165) is 25.1 Å². The molecule has 4 heteroatoms. The number of thiazole rings is 1. The van der Waals surface area contributed by atoms with Crippen molar-refractivity contribution < 1.29 is 0 Å². The molecule has 2 rings (SSSR count). The topological polar surface area (TPSA) is 42.2 Å². The van der Waals surface area contributed by atoms with Gasteiger partial charge in [0.15, 0.2) is 5.13 Å². The molecule has 0 bridgehead atoms. The lowest BCUT2D eigenvalue weighted by Gasteiger charge is -2.26. The van der Waals surface area contributed by atoms with Crippen LogP contribution in [0, 0.1) is 0 Å². The highest BCUT2D eigenvalue weighted by atomic mass is 32.1. The Morgan fingerprint density at radius 1 is 1.53 bits per heavy atom. The zero-order chi connectivity index (χ0) is 12.4. The first kappa shape index (κ1) is 12.8. The normalized spacial score (nSPS) is 21.1. The maximum Gasteiger partial charge on any atom is 0.186 e. The third kappa shape index (κ3) is 2.47. The molecule has 0 saturated heterocycles. The number of hydrogen-bond donors (Lipinski definition) is 1. The molecule has 2 N–H and O–H groups in total. The number of aromatic nitrogens is 1. The van der Waals surface area contributed by atoms with Crippen LogP contribution >= 0.6 is 11.3 Å². The van der Waals surface area contributed by atoms with E-state index in [1.807, 2.05) is 11.3 Å². The van der Waals surface area contributed by atoms with Crippen molar-refractivity contribution >= 4 is 16.5 Å². The van der Waals surface area contributed by atoms with Crippen molar-refractivity contribution in [3.63, 3.8) is 0 Å². The smallest absolute Gasteiger partial charge is 0.186 e. The lowest BCUT2D eigenvalue weighted by molar-refractivity contribution is 0.561. The molecule has 0 fully saturated rings. The monoisotopic (exact) mass is 253 g/mol. The second-order valence-corrected chi connectivity index (χ2v) is 5.91. The molecule has 1 aliphatic carbocycles. The third-order valence-electron chi connectivity index (χ3n) is 3.70. The number of nitrogens with two attached hydrogens (primary N) is 1. The highest BCUT2D eigenvalue weighted by molar-refractivity contribution is 7.15. The van der Waals surface area contributed by atoms with Gasteiger partial charge in [0.05, 0.1) is 5.69 Å². The minimum atomic E-state index is 0.166. The van der Waals surface area contributed by atoms with Gasteiger partial charge in [-0.25, -0.2) is 4.98 Å². The van der Waals surface area contributed by atoms with Gasteiger partial charge in [0.25, 0.3) is 0 Å². The van der Waals surface area contributed by atoms with Gasteiger partial charge in [-0.1, -0.05) is 6.92 Å². The summed E-state index contributed by atoms with van der Waals surface area (Å²) in [5, 5.41) is 1.17. The second kappa shape index (κ2) is 5.36. The largest absolute Gasteiger partial charge is 0.346 e. The van der Waals surface area contributed by atoms with E-state index in [1.54, 1.807) is 0 Å². The Balaban J connectivity index is 2.27. The highest BCUT2D eigenvalue weighted by Crippen LogP contribution is 2.36. The van der Waals surface area contributed by atoms with Crippen molar-refractivity contribution in [3.05, 3.63) is 10.6 Å². The minimum Gasteiger partial charge on any atom is -0.346 e. The Labute approximate surface area is 108 Å². The van der Waals surface area contributed by atoms with Gasteiger partial charge < -0.3 is 10.6 Å². The van der Waals surface area contributed by atoms with Crippen LogP contribution in [0.1, 0.15) is 56.6 Å². The van der Waals surface area contributed by atoms with Crippen LogP contribution in [0.4, 0.5) is 5.13 Å². The Bertz CT molecular complexity index is 375. The fourth-order valence-electron chi connectivity index (χ4n) is 2.42. The molecule has 0 aromatic carbocycles. The molecule has 3 nitrogen and oxygen atoms in total. The lowest BCUT2D eigenvalue weighted by Crippen LogP contribution is -2.32.